The number of hydrogen-bond donors (Lipinski definition) is 2. The molecule has 17 heavy (non-hydrogen) atoms. The SMILES string of the molecule is CC(CC1CCCC1)NCCC(C)(C)C(=O)O. The van der Waals surface area contributed by atoms with Gasteiger partial charge in [0.1, 0.15) is 0 Å². The van der Waals surface area contributed by atoms with Crippen LogP contribution in [-0.4, -0.2) is 23.7 Å². The maximum atomic E-state index is 10.9. The number of aliphatic carboxylic acids is 1. The molecule has 0 amide bonds. The Hall–Kier alpha value is -0.570. The molecule has 3 heteroatoms. The van der Waals surface area contributed by atoms with Gasteiger partial charge in [0.05, 0.1) is 5.41 Å². The number of carboxylic acid groups (broad SMARTS) is 1. The van der Waals surface area contributed by atoms with Gasteiger partial charge in [0.25, 0.3) is 0 Å². The minimum absolute atomic E-state index is 0.516. The third-order valence-electron chi connectivity index (χ3n) is 3.98. The molecular formula is C14H27NO2. The van der Waals surface area contributed by atoms with E-state index in [4.69, 9.17) is 5.11 Å². The van der Waals surface area contributed by atoms with E-state index >= 15 is 0 Å². The molecule has 0 radical (unpaired) electrons. The Labute approximate surface area is 105 Å². The van der Waals surface area contributed by atoms with Crippen molar-refractivity contribution in [2.75, 3.05) is 6.54 Å². The first-order valence-corrected chi connectivity index (χ1v) is 6.88. The van der Waals surface area contributed by atoms with Gasteiger partial charge in [-0.3, -0.25) is 4.79 Å². The van der Waals surface area contributed by atoms with Crippen LogP contribution < -0.4 is 5.32 Å². The minimum Gasteiger partial charge on any atom is -0.481 e. The van der Waals surface area contributed by atoms with Crippen LogP contribution in [0.5, 0.6) is 0 Å². The molecule has 1 unspecified atom stereocenters. The van der Waals surface area contributed by atoms with E-state index in [1.54, 1.807) is 13.8 Å². The van der Waals surface area contributed by atoms with Crippen LogP contribution in [0.3, 0.4) is 0 Å². The van der Waals surface area contributed by atoms with E-state index in [2.05, 4.69) is 12.2 Å². The molecule has 0 aliphatic heterocycles. The van der Waals surface area contributed by atoms with E-state index in [-0.39, 0.29) is 0 Å². The molecule has 0 bridgehead atoms. The fourth-order valence-electron chi connectivity index (χ4n) is 2.57. The molecule has 2 N–H and O–H groups in total. The van der Waals surface area contributed by atoms with Crippen molar-refractivity contribution >= 4 is 5.97 Å². The molecule has 1 rings (SSSR count). The number of hydrogen-bond acceptors (Lipinski definition) is 2. The summed E-state index contributed by atoms with van der Waals surface area (Å²) in [4.78, 5) is 10.9. The molecule has 1 atom stereocenters. The quantitative estimate of drug-likeness (QED) is 0.720. The lowest BCUT2D eigenvalue weighted by atomic mass is 9.89. The third kappa shape index (κ3) is 5.07. The van der Waals surface area contributed by atoms with Gasteiger partial charge in [0, 0.05) is 6.04 Å². The Balaban J connectivity index is 2.15. The molecule has 0 aromatic heterocycles. The van der Waals surface area contributed by atoms with E-state index in [0.29, 0.717) is 12.5 Å². The smallest absolute Gasteiger partial charge is 0.309 e. The van der Waals surface area contributed by atoms with Crippen molar-refractivity contribution in [1.82, 2.24) is 5.32 Å². The van der Waals surface area contributed by atoms with Crippen LogP contribution in [0.1, 0.15) is 59.3 Å². The summed E-state index contributed by atoms with van der Waals surface area (Å²) >= 11 is 0. The second-order valence-electron chi connectivity index (χ2n) is 6.18. The summed E-state index contributed by atoms with van der Waals surface area (Å²) in [6.07, 6.45) is 7.48. The van der Waals surface area contributed by atoms with Crippen molar-refractivity contribution < 1.29 is 9.90 Å². The Kier molecular flexibility index (Phi) is 5.44. The molecule has 0 spiro atoms. The van der Waals surface area contributed by atoms with E-state index in [1.165, 1.54) is 32.1 Å². The first kappa shape index (κ1) is 14.5. The molecule has 1 saturated carbocycles. The molecular weight excluding hydrogens is 214 g/mol. The van der Waals surface area contributed by atoms with E-state index in [0.717, 1.165) is 12.5 Å². The van der Waals surface area contributed by atoms with Crippen molar-refractivity contribution in [3.63, 3.8) is 0 Å². The third-order valence-corrected chi connectivity index (χ3v) is 3.98. The molecule has 0 heterocycles. The summed E-state index contributed by atoms with van der Waals surface area (Å²) < 4.78 is 0. The van der Waals surface area contributed by atoms with Crippen LogP contribution in [0.25, 0.3) is 0 Å². The standard InChI is InChI=1S/C14H27NO2/c1-11(10-12-6-4-5-7-12)15-9-8-14(2,3)13(16)17/h11-12,15H,4-10H2,1-3H3,(H,16,17). The number of carbonyl (C=O) groups is 1. The summed E-state index contributed by atoms with van der Waals surface area (Å²) in [5, 5.41) is 12.5. The van der Waals surface area contributed by atoms with Gasteiger partial charge in [-0.15, -0.1) is 0 Å². The predicted octanol–water partition coefficient (Wildman–Crippen LogP) is 3.05. The van der Waals surface area contributed by atoms with Gasteiger partial charge in [-0.05, 0) is 46.1 Å². The van der Waals surface area contributed by atoms with Gasteiger partial charge in [-0.25, -0.2) is 0 Å². The molecule has 0 aromatic rings. The molecule has 100 valence electrons. The van der Waals surface area contributed by atoms with Gasteiger partial charge in [0.2, 0.25) is 0 Å². The Morgan fingerprint density at radius 3 is 2.53 bits per heavy atom. The van der Waals surface area contributed by atoms with Crippen molar-refractivity contribution in [2.24, 2.45) is 11.3 Å². The summed E-state index contributed by atoms with van der Waals surface area (Å²) in [5.41, 5.74) is -0.611. The normalized spacial score (nSPS) is 19.5. The topological polar surface area (TPSA) is 49.3 Å². The molecule has 1 aliphatic rings. The fourth-order valence-corrected chi connectivity index (χ4v) is 2.57. The van der Waals surface area contributed by atoms with Crippen LogP contribution in [0.2, 0.25) is 0 Å². The molecule has 0 saturated heterocycles. The lowest BCUT2D eigenvalue weighted by Crippen LogP contribution is -2.33. The van der Waals surface area contributed by atoms with Crippen LogP contribution in [0.15, 0.2) is 0 Å². The molecule has 0 aromatic carbocycles. The summed E-state index contributed by atoms with van der Waals surface area (Å²) in [7, 11) is 0. The Morgan fingerprint density at radius 2 is 2.00 bits per heavy atom. The summed E-state index contributed by atoms with van der Waals surface area (Å²) in [6, 6.07) is 0.516. The number of carboxylic acids is 1. The maximum absolute atomic E-state index is 10.9. The average Bonchev–Trinajstić information content (AvgIpc) is 2.69. The minimum atomic E-state index is -0.706. The number of nitrogens with one attached hydrogen (secondary N) is 1. The first-order valence-electron chi connectivity index (χ1n) is 6.88. The van der Waals surface area contributed by atoms with Crippen LogP contribution in [0.4, 0.5) is 0 Å². The second-order valence-corrected chi connectivity index (χ2v) is 6.18. The van der Waals surface area contributed by atoms with Crippen molar-refractivity contribution in [1.29, 1.82) is 0 Å². The van der Waals surface area contributed by atoms with Crippen molar-refractivity contribution in [3.8, 4) is 0 Å². The van der Waals surface area contributed by atoms with Gasteiger partial charge >= 0.3 is 5.97 Å². The van der Waals surface area contributed by atoms with E-state index < -0.39 is 11.4 Å². The highest BCUT2D eigenvalue weighted by molar-refractivity contribution is 5.73. The van der Waals surface area contributed by atoms with Crippen molar-refractivity contribution in [3.05, 3.63) is 0 Å². The molecule has 3 nitrogen and oxygen atoms in total. The van der Waals surface area contributed by atoms with Crippen molar-refractivity contribution in [2.45, 2.75) is 65.3 Å². The zero-order chi connectivity index (χ0) is 12.9. The summed E-state index contributed by atoms with van der Waals surface area (Å²) in [6.45, 7) is 6.59. The first-order chi connectivity index (χ1) is 7.92. The van der Waals surface area contributed by atoms with Gasteiger partial charge in [0.15, 0.2) is 0 Å². The Bertz CT molecular complexity index is 245. The van der Waals surface area contributed by atoms with Crippen LogP contribution >= 0.6 is 0 Å². The zero-order valence-corrected chi connectivity index (χ0v) is 11.5. The highest BCUT2D eigenvalue weighted by Gasteiger charge is 2.26. The highest BCUT2D eigenvalue weighted by Crippen LogP contribution is 2.28. The lowest BCUT2D eigenvalue weighted by molar-refractivity contribution is -0.147. The molecule has 1 aliphatic carbocycles. The highest BCUT2D eigenvalue weighted by atomic mass is 16.4. The molecule has 1 fully saturated rings. The van der Waals surface area contributed by atoms with Gasteiger partial charge in [-0.1, -0.05) is 25.7 Å². The number of rotatable bonds is 7. The summed E-state index contributed by atoms with van der Waals surface area (Å²) in [5.74, 6) is 0.188. The zero-order valence-electron chi connectivity index (χ0n) is 11.5. The second kappa shape index (κ2) is 6.39. The van der Waals surface area contributed by atoms with Gasteiger partial charge in [-0.2, -0.15) is 0 Å². The van der Waals surface area contributed by atoms with E-state index in [1.807, 2.05) is 0 Å². The van der Waals surface area contributed by atoms with Gasteiger partial charge < -0.3 is 10.4 Å². The maximum Gasteiger partial charge on any atom is 0.309 e. The monoisotopic (exact) mass is 241 g/mol. The van der Waals surface area contributed by atoms with Crippen LogP contribution in [-0.2, 0) is 4.79 Å². The fraction of sp³-hybridized carbons (Fsp3) is 0.929. The predicted molar refractivity (Wildman–Crippen MR) is 70.1 cm³/mol. The lowest BCUT2D eigenvalue weighted by Gasteiger charge is -2.22. The van der Waals surface area contributed by atoms with E-state index in [9.17, 15) is 4.79 Å². The average molecular weight is 241 g/mol. The largest absolute Gasteiger partial charge is 0.481 e. The van der Waals surface area contributed by atoms with Crippen LogP contribution in [0, 0.1) is 11.3 Å². The Morgan fingerprint density at radius 1 is 1.41 bits per heavy atom.